The first kappa shape index (κ1) is 21.6. The second kappa shape index (κ2) is 8.74. The summed E-state index contributed by atoms with van der Waals surface area (Å²) < 4.78 is 5.43. The summed E-state index contributed by atoms with van der Waals surface area (Å²) in [5, 5.41) is 5.49. The lowest BCUT2D eigenvalue weighted by atomic mass is 9.74. The fraction of sp³-hybridized carbons (Fsp3) is 0.652. The average Bonchev–Trinajstić information content (AvgIpc) is 2.97. The summed E-state index contributed by atoms with van der Waals surface area (Å²) >= 11 is 0. The molecule has 160 valence electrons. The zero-order chi connectivity index (χ0) is 21.2. The van der Waals surface area contributed by atoms with Crippen LogP contribution in [-0.4, -0.2) is 42.6 Å². The third-order valence-electron chi connectivity index (χ3n) is 6.62. The molecule has 0 spiro atoms. The Hall–Kier alpha value is -2.08. The van der Waals surface area contributed by atoms with E-state index in [9.17, 15) is 9.59 Å². The molecular formula is C23H35N3O3. The monoisotopic (exact) mass is 401 g/mol. The molecule has 0 saturated carbocycles. The number of hydrogen-bond donors (Lipinski definition) is 2. The van der Waals surface area contributed by atoms with Gasteiger partial charge in [0, 0.05) is 6.54 Å². The lowest BCUT2D eigenvalue weighted by Crippen LogP contribution is -2.56. The van der Waals surface area contributed by atoms with Gasteiger partial charge in [-0.25, -0.2) is 4.79 Å². The Morgan fingerprint density at radius 3 is 2.41 bits per heavy atom. The van der Waals surface area contributed by atoms with Gasteiger partial charge in [0.25, 0.3) is 5.91 Å². The number of ether oxygens (including phenoxy) is 1. The fourth-order valence-corrected chi connectivity index (χ4v) is 4.75. The van der Waals surface area contributed by atoms with E-state index in [0.717, 1.165) is 50.2 Å². The van der Waals surface area contributed by atoms with Gasteiger partial charge in [-0.1, -0.05) is 19.9 Å². The fourth-order valence-electron chi connectivity index (χ4n) is 4.75. The molecule has 2 N–H and O–H groups in total. The minimum Gasteiger partial charge on any atom is -0.496 e. The number of imide groups is 1. The van der Waals surface area contributed by atoms with E-state index in [0.29, 0.717) is 12.3 Å². The maximum atomic E-state index is 12.7. The van der Waals surface area contributed by atoms with Crippen LogP contribution in [0.15, 0.2) is 12.1 Å². The molecule has 6 nitrogen and oxygen atoms in total. The quantitative estimate of drug-likeness (QED) is 0.686. The van der Waals surface area contributed by atoms with Crippen LogP contribution < -0.4 is 15.4 Å². The number of aryl methyl sites for hydroxylation is 2. The van der Waals surface area contributed by atoms with Crippen molar-refractivity contribution in [1.29, 1.82) is 0 Å². The summed E-state index contributed by atoms with van der Waals surface area (Å²) in [6, 6.07) is 3.98. The van der Waals surface area contributed by atoms with Crippen molar-refractivity contribution in [1.82, 2.24) is 15.5 Å². The van der Waals surface area contributed by atoms with Crippen LogP contribution in [0.5, 0.6) is 5.75 Å². The van der Waals surface area contributed by atoms with E-state index in [2.05, 4.69) is 55.4 Å². The zero-order valence-corrected chi connectivity index (χ0v) is 18.4. The number of carbonyl (C=O) groups is 2. The summed E-state index contributed by atoms with van der Waals surface area (Å²) in [5.74, 6) is 1.48. The second-order valence-electron chi connectivity index (χ2n) is 9.11. The highest BCUT2D eigenvalue weighted by molar-refractivity contribution is 6.07. The molecule has 6 heteroatoms. The number of nitrogens with zero attached hydrogens (tertiary/aromatic N) is 1. The topological polar surface area (TPSA) is 70.7 Å². The van der Waals surface area contributed by atoms with E-state index in [-0.39, 0.29) is 17.9 Å². The Bertz CT molecular complexity index is 769. The van der Waals surface area contributed by atoms with Crippen molar-refractivity contribution in [3.63, 3.8) is 0 Å². The molecule has 2 aliphatic heterocycles. The van der Waals surface area contributed by atoms with Crippen LogP contribution in [-0.2, 0) is 11.3 Å². The van der Waals surface area contributed by atoms with E-state index >= 15 is 0 Å². The highest BCUT2D eigenvalue weighted by atomic mass is 16.5. The van der Waals surface area contributed by atoms with Crippen LogP contribution in [0.4, 0.5) is 4.79 Å². The molecule has 0 aromatic heterocycles. The van der Waals surface area contributed by atoms with Crippen molar-refractivity contribution in [2.45, 2.75) is 65.5 Å². The molecule has 0 aliphatic carbocycles. The van der Waals surface area contributed by atoms with Gasteiger partial charge in [0.05, 0.1) is 7.11 Å². The van der Waals surface area contributed by atoms with Crippen molar-refractivity contribution < 1.29 is 14.3 Å². The first-order valence-corrected chi connectivity index (χ1v) is 10.7. The molecule has 2 heterocycles. The van der Waals surface area contributed by atoms with Crippen LogP contribution in [0.25, 0.3) is 0 Å². The van der Waals surface area contributed by atoms with Crippen molar-refractivity contribution >= 4 is 11.9 Å². The summed E-state index contributed by atoms with van der Waals surface area (Å²) in [4.78, 5) is 27.1. The smallest absolute Gasteiger partial charge is 0.322 e. The maximum Gasteiger partial charge on any atom is 0.322 e. The predicted octanol–water partition coefficient (Wildman–Crippen LogP) is 3.54. The molecule has 0 radical (unpaired) electrons. The molecule has 0 unspecified atom stereocenters. The first-order chi connectivity index (χ1) is 13.7. The summed E-state index contributed by atoms with van der Waals surface area (Å²) in [5.41, 5.74) is 2.98. The largest absolute Gasteiger partial charge is 0.496 e. The number of nitrogens with one attached hydrogen (secondary N) is 2. The third-order valence-corrected chi connectivity index (χ3v) is 6.62. The molecule has 29 heavy (non-hydrogen) atoms. The van der Waals surface area contributed by atoms with E-state index < -0.39 is 5.54 Å². The number of benzene rings is 1. The van der Waals surface area contributed by atoms with Gasteiger partial charge in [-0.3, -0.25) is 15.0 Å². The third kappa shape index (κ3) is 4.58. The van der Waals surface area contributed by atoms with Crippen molar-refractivity contribution in [3.05, 3.63) is 28.8 Å². The number of carbonyl (C=O) groups excluding carboxylic acids is 2. The number of urea groups is 1. The molecule has 2 saturated heterocycles. The lowest BCUT2D eigenvalue weighted by Gasteiger charge is -2.41. The molecule has 0 bridgehead atoms. The highest BCUT2D eigenvalue weighted by Crippen LogP contribution is 2.36. The van der Waals surface area contributed by atoms with Crippen LogP contribution in [0, 0.1) is 25.7 Å². The van der Waals surface area contributed by atoms with Gasteiger partial charge < -0.3 is 10.1 Å². The molecule has 3 amide bonds. The summed E-state index contributed by atoms with van der Waals surface area (Å²) in [6.45, 7) is 11.3. The number of hydrogen-bond acceptors (Lipinski definition) is 4. The van der Waals surface area contributed by atoms with Crippen LogP contribution >= 0.6 is 0 Å². The van der Waals surface area contributed by atoms with Crippen LogP contribution in [0.1, 0.15) is 56.2 Å². The Morgan fingerprint density at radius 2 is 1.86 bits per heavy atom. The van der Waals surface area contributed by atoms with Gasteiger partial charge in [-0.05, 0) is 87.2 Å². The molecule has 1 atom stereocenters. The molecule has 3 rings (SSSR count). The Labute approximate surface area is 174 Å². The van der Waals surface area contributed by atoms with Gasteiger partial charge in [-0.2, -0.15) is 0 Å². The first-order valence-electron chi connectivity index (χ1n) is 10.7. The molecule has 1 aromatic rings. The summed E-state index contributed by atoms with van der Waals surface area (Å²) in [7, 11) is 1.71. The number of amides is 3. The van der Waals surface area contributed by atoms with E-state index in [1.807, 2.05) is 0 Å². The van der Waals surface area contributed by atoms with Gasteiger partial charge in [-0.15, -0.1) is 0 Å². The standard InChI is InChI=1S/C23H35N3O3/c1-15(2)6-9-23(21(27)24-22(28)25-23)19-7-10-26(11-8-19)14-18-12-17(4)20(29-5)13-16(18)3/h12-13,15,19H,6-11,14H2,1-5H3,(H2,24,25,27,28)/t23-/m1/s1. The average molecular weight is 402 g/mol. The number of piperidine rings is 1. The van der Waals surface area contributed by atoms with Crippen molar-refractivity contribution in [2.75, 3.05) is 20.2 Å². The SMILES string of the molecule is COc1cc(C)c(CN2CCC([C@@]3(CCC(C)C)NC(=O)NC3=O)CC2)cc1C. The lowest BCUT2D eigenvalue weighted by molar-refractivity contribution is -0.127. The highest BCUT2D eigenvalue weighted by Gasteiger charge is 2.51. The molecular weight excluding hydrogens is 366 g/mol. The second-order valence-corrected chi connectivity index (χ2v) is 9.11. The molecule has 2 aliphatic rings. The number of methoxy groups -OCH3 is 1. The maximum absolute atomic E-state index is 12.7. The minimum absolute atomic E-state index is 0.136. The summed E-state index contributed by atoms with van der Waals surface area (Å²) in [6.07, 6.45) is 3.47. The predicted molar refractivity (Wildman–Crippen MR) is 114 cm³/mol. The number of rotatable bonds is 7. The Morgan fingerprint density at radius 1 is 1.17 bits per heavy atom. The van der Waals surface area contributed by atoms with E-state index in [1.54, 1.807) is 7.11 Å². The van der Waals surface area contributed by atoms with Gasteiger partial charge in [0.2, 0.25) is 0 Å². The van der Waals surface area contributed by atoms with Crippen LogP contribution in [0.2, 0.25) is 0 Å². The van der Waals surface area contributed by atoms with Gasteiger partial charge in [0.15, 0.2) is 0 Å². The van der Waals surface area contributed by atoms with E-state index in [1.165, 1.54) is 11.1 Å². The zero-order valence-electron chi connectivity index (χ0n) is 18.4. The minimum atomic E-state index is -0.736. The van der Waals surface area contributed by atoms with Gasteiger partial charge in [0.1, 0.15) is 11.3 Å². The Kier molecular flexibility index (Phi) is 6.52. The number of likely N-dealkylation sites (tertiary alicyclic amines) is 1. The van der Waals surface area contributed by atoms with Crippen molar-refractivity contribution in [2.24, 2.45) is 11.8 Å². The van der Waals surface area contributed by atoms with Crippen LogP contribution in [0.3, 0.4) is 0 Å². The normalized spacial score (nSPS) is 23.4. The van der Waals surface area contributed by atoms with E-state index in [4.69, 9.17) is 4.74 Å². The van der Waals surface area contributed by atoms with Gasteiger partial charge >= 0.3 is 6.03 Å². The molecule has 1 aromatic carbocycles. The Balaban J connectivity index is 1.66. The van der Waals surface area contributed by atoms with Crippen molar-refractivity contribution in [3.8, 4) is 5.75 Å². The molecule has 2 fully saturated rings.